The summed E-state index contributed by atoms with van der Waals surface area (Å²) in [6.45, 7) is 0.584. The molecule has 0 unspecified atom stereocenters. The first-order valence-corrected chi connectivity index (χ1v) is 9.07. The molecule has 0 amide bonds. The van der Waals surface area contributed by atoms with E-state index in [0.717, 1.165) is 28.3 Å². The van der Waals surface area contributed by atoms with Crippen molar-refractivity contribution in [2.24, 2.45) is 5.73 Å². The van der Waals surface area contributed by atoms with Crippen LogP contribution in [0.4, 0.5) is 0 Å². The number of aromatic amines is 1. The number of hydrogen-bond donors (Lipinski definition) is 3. The van der Waals surface area contributed by atoms with Crippen molar-refractivity contribution in [2.45, 2.75) is 6.42 Å². The van der Waals surface area contributed by atoms with Crippen molar-refractivity contribution < 1.29 is 5.11 Å². The van der Waals surface area contributed by atoms with Gasteiger partial charge in [-0.25, -0.2) is 0 Å². The van der Waals surface area contributed by atoms with Crippen LogP contribution in [0.15, 0.2) is 46.6 Å². The molecule has 0 fully saturated rings. The van der Waals surface area contributed by atoms with E-state index in [4.69, 9.17) is 12.2 Å². The van der Waals surface area contributed by atoms with Crippen molar-refractivity contribution in [3.8, 4) is 29.2 Å². The molecule has 0 spiro atoms. The van der Waals surface area contributed by atoms with Crippen molar-refractivity contribution >= 4 is 32.3 Å². The third-order valence-electron chi connectivity index (χ3n) is 4.52. The predicted molar refractivity (Wildman–Crippen MR) is 108 cm³/mol. The molecule has 2 aromatic carbocycles. The number of nitrogens with one attached hydrogen (secondary N) is 1. The van der Waals surface area contributed by atoms with Gasteiger partial charge in [0.1, 0.15) is 10.4 Å². The summed E-state index contributed by atoms with van der Waals surface area (Å²) in [5, 5.41) is 14.1. The van der Waals surface area contributed by atoms with Crippen LogP contribution >= 0.6 is 11.3 Å². The van der Waals surface area contributed by atoms with Crippen LogP contribution < -0.4 is 11.3 Å². The van der Waals surface area contributed by atoms with Crippen molar-refractivity contribution in [3.63, 3.8) is 0 Å². The highest BCUT2D eigenvalue weighted by atomic mass is 32.1. The van der Waals surface area contributed by atoms with Crippen LogP contribution in [0.1, 0.15) is 11.1 Å². The van der Waals surface area contributed by atoms with Gasteiger partial charge >= 0.3 is 0 Å². The SMILES string of the molecule is C#Cc1cc(O)c(-c2ccc(CCN)cc2)c2c1[nH]c(=O)c1sccc12. The van der Waals surface area contributed by atoms with Gasteiger partial charge in [0.25, 0.3) is 5.56 Å². The number of nitrogens with two attached hydrogens (primary N) is 1. The van der Waals surface area contributed by atoms with E-state index in [1.54, 1.807) is 0 Å². The van der Waals surface area contributed by atoms with Crippen LogP contribution in [0, 0.1) is 12.3 Å². The highest BCUT2D eigenvalue weighted by Crippen LogP contribution is 2.41. The molecule has 2 heterocycles. The number of thiophene rings is 1. The van der Waals surface area contributed by atoms with E-state index in [9.17, 15) is 9.90 Å². The van der Waals surface area contributed by atoms with Gasteiger partial charge < -0.3 is 15.8 Å². The fraction of sp³-hybridized carbons (Fsp3) is 0.0952. The first-order chi connectivity index (χ1) is 12.6. The third kappa shape index (κ3) is 2.48. The lowest BCUT2D eigenvalue weighted by Gasteiger charge is -2.13. The minimum absolute atomic E-state index is 0.0940. The summed E-state index contributed by atoms with van der Waals surface area (Å²) in [5.74, 6) is 2.65. The number of phenols is 1. The number of fused-ring (bicyclic) bond motifs is 3. The maximum absolute atomic E-state index is 12.4. The van der Waals surface area contributed by atoms with Crippen LogP contribution in [-0.2, 0) is 6.42 Å². The Hall–Kier alpha value is -3.07. The summed E-state index contributed by atoms with van der Waals surface area (Å²) in [4.78, 5) is 15.3. The molecule has 4 aromatic rings. The molecule has 0 aliphatic carbocycles. The minimum Gasteiger partial charge on any atom is -0.507 e. The van der Waals surface area contributed by atoms with Crippen molar-refractivity contribution in [1.82, 2.24) is 4.98 Å². The number of aromatic hydroxyl groups is 1. The lowest BCUT2D eigenvalue weighted by atomic mass is 9.94. The smallest absolute Gasteiger partial charge is 0.266 e. The molecular formula is C21H16N2O2S. The van der Waals surface area contributed by atoms with Gasteiger partial charge in [0, 0.05) is 16.3 Å². The fourth-order valence-electron chi connectivity index (χ4n) is 3.33. The van der Waals surface area contributed by atoms with Crippen LogP contribution in [0.5, 0.6) is 5.75 Å². The van der Waals surface area contributed by atoms with E-state index in [1.807, 2.05) is 35.7 Å². The third-order valence-corrected chi connectivity index (χ3v) is 5.43. The number of aromatic nitrogens is 1. The molecule has 4 nitrogen and oxygen atoms in total. The van der Waals surface area contributed by atoms with E-state index in [0.29, 0.717) is 27.9 Å². The normalized spacial score (nSPS) is 11.1. The Morgan fingerprint density at radius 3 is 2.69 bits per heavy atom. The number of pyridine rings is 1. The molecule has 4 N–H and O–H groups in total. The number of terminal acetylenes is 1. The molecule has 0 atom stereocenters. The largest absolute Gasteiger partial charge is 0.507 e. The topological polar surface area (TPSA) is 79.1 Å². The predicted octanol–water partition coefficient (Wildman–Crippen LogP) is 3.60. The van der Waals surface area contributed by atoms with Gasteiger partial charge in [0.2, 0.25) is 0 Å². The van der Waals surface area contributed by atoms with Gasteiger partial charge in [0.15, 0.2) is 0 Å². The summed E-state index contributed by atoms with van der Waals surface area (Å²) in [6.07, 6.45) is 6.40. The molecule has 2 aromatic heterocycles. The number of benzene rings is 2. The number of hydrogen-bond acceptors (Lipinski definition) is 4. The van der Waals surface area contributed by atoms with Gasteiger partial charge in [-0.1, -0.05) is 30.2 Å². The minimum atomic E-state index is -0.172. The van der Waals surface area contributed by atoms with E-state index in [2.05, 4.69) is 10.9 Å². The number of H-pyrrole nitrogens is 1. The lowest BCUT2D eigenvalue weighted by molar-refractivity contribution is 0.478. The summed E-state index contributed by atoms with van der Waals surface area (Å²) in [5.41, 5.74) is 9.13. The summed E-state index contributed by atoms with van der Waals surface area (Å²) in [6, 6.07) is 11.3. The van der Waals surface area contributed by atoms with Crippen LogP contribution in [0.3, 0.4) is 0 Å². The van der Waals surface area contributed by atoms with E-state index in [1.165, 1.54) is 17.4 Å². The van der Waals surface area contributed by atoms with Gasteiger partial charge in [0.05, 0.1) is 11.1 Å². The summed E-state index contributed by atoms with van der Waals surface area (Å²) < 4.78 is 0.618. The molecule has 4 rings (SSSR count). The monoisotopic (exact) mass is 360 g/mol. The molecule has 0 aliphatic heterocycles. The second kappa shape index (κ2) is 6.34. The fourth-order valence-corrected chi connectivity index (χ4v) is 4.13. The van der Waals surface area contributed by atoms with Gasteiger partial charge in [-0.3, -0.25) is 4.79 Å². The zero-order valence-corrected chi connectivity index (χ0v) is 14.7. The molecule has 128 valence electrons. The zero-order valence-electron chi connectivity index (χ0n) is 13.9. The second-order valence-electron chi connectivity index (χ2n) is 6.07. The molecular weight excluding hydrogens is 344 g/mol. The quantitative estimate of drug-likeness (QED) is 0.489. The van der Waals surface area contributed by atoms with E-state index in [-0.39, 0.29) is 11.3 Å². The average molecular weight is 360 g/mol. The van der Waals surface area contributed by atoms with E-state index < -0.39 is 0 Å². The molecule has 0 aliphatic rings. The Morgan fingerprint density at radius 2 is 2.00 bits per heavy atom. The molecule has 0 bridgehead atoms. The van der Waals surface area contributed by atoms with Crippen molar-refractivity contribution in [1.29, 1.82) is 0 Å². The Balaban J connectivity index is 2.12. The molecule has 0 radical (unpaired) electrons. The second-order valence-corrected chi connectivity index (χ2v) is 6.98. The van der Waals surface area contributed by atoms with Crippen LogP contribution in [0.25, 0.3) is 32.1 Å². The molecule has 26 heavy (non-hydrogen) atoms. The Bertz CT molecular complexity index is 1230. The molecule has 5 heteroatoms. The number of rotatable bonds is 3. The van der Waals surface area contributed by atoms with Crippen LogP contribution in [0.2, 0.25) is 0 Å². The Kier molecular flexibility index (Phi) is 4.00. The standard InChI is InChI=1S/C21H16N2O2S/c1-2-13-11-16(24)17(14-5-3-12(4-6-14)7-9-22)18-15-8-10-26-20(15)21(25)23-19(13)18/h1,3-6,8,10-11,24H,7,9,22H2,(H,23,25). The highest BCUT2D eigenvalue weighted by Gasteiger charge is 2.18. The zero-order chi connectivity index (χ0) is 18.3. The molecule has 0 saturated heterocycles. The maximum atomic E-state index is 12.4. The summed E-state index contributed by atoms with van der Waals surface area (Å²) >= 11 is 1.37. The van der Waals surface area contributed by atoms with Crippen molar-refractivity contribution in [3.05, 3.63) is 63.3 Å². The van der Waals surface area contributed by atoms with Crippen molar-refractivity contribution in [2.75, 3.05) is 6.54 Å². The van der Waals surface area contributed by atoms with Gasteiger partial charge in [-0.05, 0) is 41.6 Å². The summed E-state index contributed by atoms with van der Waals surface area (Å²) in [7, 11) is 0. The maximum Gasteiger partial charge on any atom is 0.266 e. The van der Waals surface area contributed by atoms with Crippen LogP contribution in [-0.4, -0.2) is 16.6 Å². The van der Waals surface area contributed by atoms with Gasteiger partial charge in [-0.15, -0.1) is 17.8 Å². The average Bonchev–Trinajstić information content (AvgIpc) is 3.13. The Labute approximate surface area is 153 Å². The highest BCUT2D eigenvalue weighted by molar-refractivity contribution is 7.17. The Morgan fingerprint density at radius 1 is 1.23 bits per heavy atom. The number of phenolic OH excluding ortho intramolecular Hbond substituents is 1. The first-order valence-electron chi connectivity index (χ1n) is 8.19. The van der Waals surface area contributed by atoms with Gasteiger partial charge in [-0.2, -0.15) is 0 Å². The lowest BCUT2D eigenvalue weighted by Crippen LogP contribution is -2.06. The first kappa shape index (κ1) is 16.4. The molecule has 0 saturated carbocycles. The van der Waals surface area contributed by atoms with E-state index >= 15 is 0 Å².